The van der Waals surface area contributed by atoms with Crippen LogP contribution in [0.1, 0.15) is 36.0 Å². The molecule has 4 rings (SSSR count). The number of carbonyl (C=O) groups is 1. The van der Waals surface area contributed by atoms with Gasteiger partial charge in [0.15, 0.2) is 0 Å². The molecule has 1 saturated carbocycles. The van der Waals surface area contributed by atoms with Gasteiger partial charge in [-0.05, 0) is 47.7 Å². The van der Waals surface area contributed by atoms with Crippen molar-refractivity contribution in [2.45, 2.75) is 31.1 Å². The van der Waals surface area contributed by atoms with E-state index in [0.717, 1.165) is 37.2 Å². The zero-order valence-electron chi connectivity index (χ0n) is 14.3. The number of hydrogen-bond acceptors (Lipinski definition) is 2. The summed E-state index contributed by atoms with van der Waals surface area (Å²) in [6.07, 6.45) is 7.98. The molecule has 128 valence electrons. The fourth-order valence-electron chi connectivity index (χ4n) is 3.76. The first kappa shape index (κ1) is 15.9. The van der Waals surface area contributed by atoms with E-state index < -0.39 is 0 Å². The molecule has 0 radical (unpaired) electrons. The molecule has 2 aromatic rings. The molecule has 3 heteroatoms. The minimum absolute atomic E-state index is 0.0287. The predicted molar refractivity (Wildman–Crippen MR) is 99.7 cm³/mol. The summed E-state index contributed by atoms with van der Waals surface area (Å²) in [4.78, 5) is 12.2. The Kier molecular flexibility index (Phi) is 4.31. The van der Waals surface area contributed by atoms with Crippen LogP contribution in [-0.4, -0.2) is 19.1 Å². The van der Waals surface area contributed by atoms with Crippen molar-refractivity contribution in [1.82, 2.24) is 5.32 Å². The van der Waals surface area contributed by atoms with E-state index in [0.29, 0.717) is 6.54 Å². The summed E-state index contributed by atoms with van der Waals surface area (Å²) in [5.41, 5.74) is 3.72. The van der Waals surface area contributed by atoms with E-state index in [-0.39, 0.29) is 11.3 Å². The van der Waals surface area contributed by atoms with Crippen molar-refractivity contribution >= 4 is 12.0 Å². The first-order chi connectivity index (χ1) is 12.3. The number of carbonyl (C=O) groups excluding carboxylic acids is 1. The van der Waals surface area contributed by atoms with Crippen LogP contribution in [0.15, 0.2) is 54.6 Å². The molecule has 1 N–H and O–H groups in total. The first-order valence-corrected chi connectivity index (χ1v) is 9.02. The Morgan fingerprint density at radius 3 is 2.76 bits per heavy atom. The smallest absolute Gasteiger partial charge is 0.244 e. The molecule has 0 saturated heterocycles. The standard InChI is InChI=1S/C22H23NO2/c24-21(10-8-17-7-9-20-18(15-17)11-14-25-20)23-16-22(12-4-13-22)19-5-2-1-3-6-19/h1-3,5-10,15H,4,11-14,16H2,(H,23,24)/b10-8+. The Hall–Kier alpha value is -2.55. The quantitative estimate of drug-likeness (QED) is 0.844. The largest absolute Gasteiger partial charge is 0.493 e. The fraction of sp³-hybridized carbons (Fsp3) is 0.318. The maximum atomic E-state index is 12.2. The molecular weight excluding hydrogens is 310 g/mol. The minimum Gasteiger partial charge on any atom is -0.493 e. The highest BCUT2D eigenvalue weighted by molar-refractivity contribution is 5.91. The third-order valence-electron chi connectivity index (χ3n) is 5.44. The van der Waals surface area contributed by atoms with Crippen LogP contribution in [0.4, 0.5) is 0 Å². The Bertz CT molecular complexity index is 791. The summed E-state index contributed by atoms with van der Waals surface area (Å²) in [5, 5.41) is 3.10. The molecule has 0 unspecified atom stereocenters. The van der Waals surface area contributed by atoms with E-state index in [1.165, 1.54) is 17.5 Å². The molecule has 0 bridgehead atoms. The molecule has 25 heavy (non-hydrogen) atoms. The normalized spacial score (nSPS) is 17.6. The summed E-state index contributed by atoms with van der Waals surface area (Å²) in [5.74, 6) is 0.940. The Morgan fingerprint density at radius 2 is 2.00 bits per heavy atom. The molecule has 0 aromatic heterocycles. The van der Waals surface area contributed by atoms with Crippen LogP contribution in [0, 0.1) is 0 Å². The summed E-state index contributed by atoms with van der Waals surface area (Å²) >= 11 is 0. The zero-order chi connectivity index (χ0) is 17.1. The number of fused-ring (bicyclic) bond motifs is 1. The molecule has 2 aromatic carbocycles. The Labute approximate surface area is 148 Å². The van der Waals surface area contributed by atoms with Gasteiger partial charge in [-0.3, -0.25) is 4.79 Å². The maximum absolute atomic E-state index is 12.2. The van der Waals surface area contributed by atoms with E-state index in [4.69, 9.17) is 4.74 Å². The molecule has 0 spiro atoms. The van der Waals surface area contributed by atoms with E-state index in [1.807, 2.05) is 24.3 Å². The van der Waals surface area contributed by atoms with Crippen molar-refractivity contribution < 1.29 is 9.53 Å². The summed E-state index contributed by atoms with van der Waals surface area (Å²) < 4.78 is 5.51. The van der Waals surface area contributed by atoms with Gasteiger partial charge in [-0.2, -0.15) is 0 Å². The van der Waals surface area contributed by atoms with Crippen molar-refractivity contribution in [1.29, 1.82) is 0 Å². The molecule has 1 amide bonds. The van der Waals surface area contributed by atoms with Crippen LogP contribution < -0.4 is 10.1 Å². The highest BCUT2D eigenvalue weighted by Gasteiger charge is 2.38. The van der Waals surface area contributed by atoms with Crippen molar-refractivity contribution in [2.24, 2.45) is 0 Å². The van der Waals surface area contributed by atoms with Crippen molar-refractivity contribution in [3.05, 3.63) is 71.3 Å². The van der Waals surface area contributed by atoms with Gasteiger partial charge in [0.2, 0.25) is 5.91 Å². The lowest BCUT2D eigenvalue weighted by Crippen LogP contribution is -2.45. The molecule has 1 fully saturated rings. The highest BCUT2D eigenvalue weighted by atomic mass is 16.5. The molecule has 1 aliphatic carbocycles. The summed E-state index contributed by atoms with van der Waals surface area (Å²) in [6.45, 7) is 1.46. The van der Waals surface area contributed by atoms with Crippen molar-refractivity contribution in [2.75, 3.05) is 13.2 Å². The molecule has 0 atom stereocenters. The highest BCUT2D eigenvalue weighted by Crippen LogP contribution is 2.43. The number of amides is 1. The summed E-state index contributed by atoms with van der Waals surface area (Å²) in [6, 6.07) is 16.6. The molecule has 1 aliphatic heterocycles. The fourth-order valence-corrected chi connectivity index (χ4v) is 3.76. The van der Waals surface area contributed by atoms with Gasteiger partial charge in [-0.25, -0.2) is 0 Å². The maximum Gasteiger partial charge on any atom is 0.244 e. The predicted octanol–water partition coefficient (Wildman–Crippen LogP) is 3.87. The number of benzene rings is 2. The zero-order valence-corrected chi connectivity index (χ0v) is 14.3. The van der Waals surface area contributed by atoms with Crippen LogP contribution in [0.2, 0.25) is 0 Å². The van der Waals surface area contributed by atoms with Gasteiger partial charge in [0.25, 0.3) is 0 Å². The molecule has 3 nitrogen and oxygen atoms in total. The van der Waals surface area contributed by atoms with Crippen LogP contribution in [-0.2, 0) is 16.6 Å². The number of nitrogens with one attached hydrogen (secondary N) is 1. The first-order valence-electron chi connectivity index (χ1n) is 9.02. The van der Waals surface area contributed by atoms with Crippen LogP contribution >= 0.6 is 0 Å². The Morgan fingerprint density at radius 1 is 1.16 bits per heavy atom. The van der Waals surface area contributed by atoms with Crippen molar-refractivity contribution in [3.63, 3.8) is 0 Å². The second-order valence-corrected chi connectivity index (χ2v) is 7.02. The number of rotatable bonds is 5. The van der Waals surface area contributed by atoms with Gasteiger partial charge in [0.05, 0.1) is 6.61 Å². The molecular formula is C22H23NO2. The second-order valence-electron chi connectivity index (χ2n) is 7.02. The van der Waals surface area contributed by atoms with Gasteiger partial charge in [-0.1, -0.05) is 42.8 Å². The average Bonchev–Trinajstić information content (AvgIpc) is 3.08. The third-order valence-corrected chi connectivity index (χ3v) is 5.44. The van der Waals surface area contributed by atoms with E-state index >= 15 is 0 Å². The SMILES string of the molecule is O=C(/C=C/c1ccc2c(c1)CCO2)NCC1(c2ccccc2)CCC1. The topological polar surface area (TPSA) is 38.3 Å². The van der Waals surface area contributed by atoms with Crippen molar-refractivity contribution in [3.8, 4) is 5.75 Å². The van der Waals surface area contributed by atoms with Gasteiger partial charge < -0.3 is 10.1 Å². The van der Waals surface area contributed by atoms with E-state index in [2.05, 4.69) is 35.6 Å². The summed E-state index contributed by atoms with van der Waals surface area (Å²) in [7, 11) is 0. The average molecular weight is 333 g/mol. The number of hydrogen-bond donors (Lipinski definition) is 1. The van der Waals surface area contributed by atoms with Gasteiger partial charge in [-0.15, -0.1) is 0 Å². The molecule has 2 aliphatic rings. The monoisotopic (exact) mass is 333 g/mol. The van der Waals surface area contributed by atoms with E-state index in [1.54, 1.807) is 6.08 Å². The minimum atomic E-state index is -0.0287. The third kappa shape index (κ3) is 3.32. The lowest BCUT2D eigenvalue weighted by molar-refractivity contribution is -0.116. The second kappa shape index (κ2) is 6.75. The lowest BCUT2D eigenvalue weighted by Gasteiger charge is -2.42. The Balaban J connectivity index is 1.37. The van der Waals surface area contributed by atoms with Crippen LogP contribution in [0.3, 0.4) is 0 Å². The van der Waals surface area contributed by atoms with Gasteiger partial charge >= 0.3 is 0 Å². The van der Waals surface area contributed by atoms with Gasteiger partial charge in [0, 0.05) is 24.5 Å². The number of ether oxygens (including phenoxy) is 1. The van der Waals surface area contributed by atoms with E-state index in [9.17, 15) is 4.79 Å². The van der Waals surface area contributed by atoms with Crippen LogP contribution in [0.5, 0.6) is 5.75 Å². The molecule has 1 heterocycles. The van der Waals surface area contributed by atoms with Crippen LogP contribution in [0.25, 0.3) is 6.08 Å². The lowest BCUT2D eigenvalue weighted by atomic mass is 9.64. The van der Waals surface area contributed by atoms with Gasteiger partial charge in [0.1, 0.15) is 5.75 Å².